The van der Waals surface area contributed by atoms with E-state index in [1.807, 2.05) is 75.4 Å². The summed E-state index contributed by atoms with van der Waals surface area (Å²) in [6.07, 6.45) is 0.234. The second kappa shape index (κ2) is 14.8. The van der Waals surface area contributed by atoms with E-state index in [1.54, 1.807) is 18.2 Å². The average molecular weight is 653 g/mol. The van der Waals surface area contributed by atoms with Crippen molar-refractivity contribution >= 4 is 50.7 Å². The van der Waals surface area contributed by atoms with Crippen molar-refractivity contribution in [3.8, 4) is 0 Å². The van der Waals surface area contributed by atoms with Gasteiger partial charge in [-0.15, -0.1) is 0 Å². The monoisotopic (exact) mass is 651 g/mol. The van der Waals surface area contributed by atoms with Gasteiger partial charge < -0.3 is 10.2 Å². The van der Waals surface area contributed by atoms with E-state index in [0.717, 1.165) is 21.0 Å². The minimum Gasteiger partial charge on any atom is -0.352 e. The van der Waals surface area contributed by atoms with Gasteiger partial charge in [0.25, 0.3) is 10.0 Å². The number of anilines is 1. The van der Waals surface area contributed by atoms with Crippen LogP contribution in [0.15, 0.2) is 108 Å². The first-order chi connectivity index (χ1) is 21.0. The van der Waals surface area contributed by atoms with Crippen LogP contribution in [0.25, 0.3) is 0 Å². The number of sulfonamides is 1. The van der Waals surface area contributed by atoms with Gasteiger partial charge in [-0.1, -0.05) is 83.9 Å². The van der Waals surface area contributed by atoms with E-state index in [-0.39, 0.29) is 35.5 Å². The zero-order valence-electron chi connectivity index (χ0n) is 24.8. The SMILES string of the molecule is Cc1ccccc1CN(C(=O)CN(c1cccc(Cl)c1)S(=O)(=O)c1ccc(Cl)cc1)[C@@H](Cc1ccccc1)C(=O)NC(C)C. The summed E-state index contributed by atoms with van der Waals surface area (Å²) in [5.74, 6) is -0.883. The van der Waals surface area contributed by atoms with Crippen LogP contribution in [0.5, 0.6) is 0 Å². The molecule has 0 aliphatic heterocycles. The van der Waals surface area contributed by atoms with Crippen LogP contribution in [0.2, 0.25) is 10.0 Å². The van der Waals surface area contributed by atoms with E-state index in [0.29, 0.717) is 10.0 Å². The molecule has 2 amide bonds. The Bertz CT molecular complexity index is 1700. The van der Waals surface area contributed by atoms with Crippen LogP contribution >= 0.6 is 23.2 Å². The molecule has 4 aromatic rings. The lowest BCUT2D eigenvalue weighted by molar-refractivity contribution is -0.140. The van der Waals surface area contributed by atoms with Crippen molar-refractivity contribution in [2.24, 2.45) is 0 Å². The molecule has 230 valence electrons. The molecule has 0 spiro atoms. The normalized spacial score (nSPS) is 12.0. The first-order valence-corrected chi connectivity index (χ1v) is 16.4. The molecule has 0 bridgehead atoms. The van der Waals surface area contributed by atoms with Crippen molar-refractivity contribution in [1.82, 2.24) is 10.2 Å². The van der Waals surface area contributed by atoms with Crippen LogP contribution in [-0.2, 0) is 32.6 Å². The maximum absolute atomic E-state index is 14.5. The fraction of sp³-hybridized carbons (Fsp3) is 0.235. The van der Waals surface area contributed by atoms with Gasteiger partial charge in [-0.2, -0.15) is 0 Å². The predicted octanol–water partition coefficient (Wildman–Crippen LogP) is 6.66. The highest BCUT2D eigenvalue weighted by Crippen LogP contribution is 2.28. The third-order valence-electron chi connectivity index (χ3n) is 7.08. The molecule has 1 N–H and O–H groups in total. The molecule has 4 aromatic carbocycles. The van der Waals surface area contributed by atoms with Gasteiger partial charge in [0.05, 0.1) is 10.6 Å². The van der Waals surface area contributed by atoms with Crippen molar-refractivity contribution in [3.05, 3.63) is 130 Å². The molecular formula is C34H35Cl2N3O4S. The molecule has 7 nitrogen and oxygen atoms in total. The van der Waals surface area contributed by atoms with E-state index in [4.69, 9.17) is 23.2 Å². The molecule has 0 radical (unpaired) electrons. The predicted molar refractivity (Wildman–Crippen MR) is 176 cm³/mol. The quantitative estimate of drug-likeness (QED) is 0.186. The lowest BCUT2D eigenvalue weighted by Crippen LogP contribution is -2.54. The number of hydrogen-bond acceptors (Lipinski definition) is 4. The fourth-order valence-electron chi connectivity index (χ4n) is 4.80. The molecule has 1 atom stereocenters. The van der Waals surface area contributed by atoms with E-state index >= 15 is 0 Å². The van der Waals surface area contributed by atoms with Crippen molar-refractivity contribution in [2.45, 2.75) is 50.7 Å². The summed E-state index contributed by atoms with van der Waals surface area (Å²) in [7, 11) is -4.25. The molecule has 0 aliphatic rings. The molecule has 0 heterocycles. The molecular weight excluding hydrogens is 617 g/mol. The van der Waals surface area contributed by atoms with Gasteiger partial charge in [-0.3, -0.25) is 13.9 Å². The Morgan fingerprint density at radius 2 is 1.48 bits per heavy atom. The number of benzene rings is 4. The molecule has 10 heteroatoms. The number of hydrogen-bond donors (Lipinski definition) is 1. The summed E-state index contributed by atoms with van der Waals surface area (Å²) in [5.41, 5.74) is 2.85. The number of rotatable bonds is 12. The molecule has 0 aliphatic carbocycles. The Balaban J connectivity index is 1.82. The van der Waals surface area contributed by atoms with Crippen LogP contribution < -0.4 is 9.62 Å². The Hall–Kier alpha value is -3.85. The van der Waals surface area contributed by atoms with E-state index in [9.17, 15) is 18.0 Å². The molecule has 0 aromatic heterocycles. The highest BCUT2D eigenvalue weighted by molar-refractivity contribution is 7.92. The first kappa shape index (κ1) is 33.1. The van der Waals surface area contributed by atoms with Gasteiger partial charge >= 0.3 is 0 Å². The van der Waals surface area contributed by atoms with Crippen molar-refractivity contribution in [3.63, 3.8) is 0 Å². The average Bonchev–Trinajstić information content (AvgIpc) is 2.98. The lowest BCUT2D eigenvalue weighted by atomic mass is 10.0. The van der Waals surface area contributed by atoms with Gasteiger partial charge in [0.15, 0.2) is 0 Å². The van der Waals surface area contributed by atoms with Gasteiger partial charge in [0.1, 0.15) is 12.6 Å². The van der Waals surface area contributed by atoms with Crippen LogP contribution in [0.3, 0.4) is 0 Å². The summed E-state index contributed by atoms with van der Waals surface area (Å²) in [6.45, 7) is 5.16. The molecule has 44 heavy (non-hydrogen) atoms. The molecule has 0 saturated carbocycles. The number of aryl methyl sites for hydroxylation is 1. The number of halogens is 2. The third kappa shape index (κ3) is 8.40. The van der Waals surface area contributed by atoms with Crippen molar-refractivity contribution in [2.75, 3.05) is 10.8 Å². The molecule has 4 rings (SSSR count). The van der Waals surface area contributed by atoms with E-state index in [1.165, 1.54) is 35.2 Å². The lowest BCUT2D eigenvalue weighted by Gasteiger charge is -2.34. The van der Waals surface area contributed by atoms with E-state index in [2.05, 4.69) is 5.32 Å². The summed E-state index contributed by atoms with van der Waals surface area (Å²) in [6, 6.07) is 28.0. The van der Waals surface area contributed by atoms with Crippen LogP contribution in [0, 0.1) is 6.92 Å². The third-order valence-corrected chi connectivity index (χ3v) is 9.36. The highest BCUT2D eigenvalue weighted by Gasteiger charge is 2.35. The summed E-state index contributed by atoms with van der Waals surface area (Å²) < 4.78 is 29.1. The zero-order valence-corrected chi connectivity index (χ0v) is 27.1. The number of amides is 2. The fourth-order valence-corrected chi connectivity index (χ4v) is 6.52. The smallest absolute Gasteiger partial charge is 0.264 e. The van der Waals surface area contributed by atoms with Gasteiger partial charge in [-0.25, -0.2) is 8.42 Å². The minimum atomic E-state index is -4.25. The number of carbonyl (C=O) groups is 2. The minimum absolute atomic E-state index is 0.0430. The van der Waals surface area contributed by atoms with Gasteiger partial charge in [0.2, 0.25) is 11.8 Å². The van der Waals surface area contributed by atoms with Crippen LogP contribution in [0.1, 0.15) is 30.5 Å². The Morgan fingerprint density at radius 3 is 2.11 bits per heavy atom. The van der Waals surface area contributed by atoms with Crippen LogP contribution in [-0.4, -0.2) is 43.8 Å². The topological polar surface area (TPSA) is 86.8 Å². The summed E-state index contributed by atoms with van der Waals surface area (Å²) >= 11 is 12.3. The number of carbonyl (C=O) groups excluding carboxylic acids is 2. The van der Waals surface area contributed by atoms with Gasteiger partial charge in [0, 0.05) is 29.1 Å². The van der Waals surface area contributed by atoms with Crippen molar-refractivity contribution < 1.29 is 18.0 Å². The maximum atomic E-state index is 14.5. The number of nitrogens with one attached hydrogen (secondary N) is 1. The largest absolute Gasteiger partial charge is 0.352 e. The summed E-state index contributed by atoms with van der Waals surface area (Å²) in [5, 5.41) is 3.64. The highest BCUT2D eigenvalue weighted by atomic mass is 35.5. The molecule has 0 saturated heterocycles. The first-order valence-electron chi connectivity index (χ1n) is 14.2. The Labute approximate surface area is 269 Å². The standard InChI is InChI=1S/C34H35Cl2N3O4S/c1-24(2)37-34(41)32(20-26-11-5-4-6-12-26)38(22-27-13-8-7-10-25(27)3)33(40)23-39(30-15-9-14-29(36)21-30)44(42,43)31-18-16-28(35)17-19-31/h4-19,21,24,32H,20,22-23H2,1-3H3,(H,37,41)/t32-/m0/s1. The Morgan fingerprint density at radius 1 is 0.818 bits per heavy atom. The zero-order chi connectivity index (χ0) is 31.9. The van der Waals surface area contributed by atoms with Crippen molar-refractivity contribution in [1.29, 1.82) is 0 Å². The van der Waals surface area contributed by atoms with Gasteiger partial charge in [-0.05, 0) is 79.9 Å². The second-order valence-electron chi connectivity index (χ2n) is 10.8. The van der Waals surface area contributed by atoms with Crippen LogP contribution in [0.4, 0.5) is 5.69 Å². The molecule has 0 unspecified atom stereocenters. The maximum Gasteiger partial charge on any atom is 0.264 e. The van der Waals surface area contributed by atoms with E-state index < -0.39 is 28.5 Å². The Kier molecular flexibility index (Phi) is 11.1. The summed E-state index contributed by atoms with van der Waals surface area (Å²) in [4.78, 5) is 29.7. The molecule has 0 fully saturated rings. The number of nitrogens with zero attached hydrogens (tertiary/aromatic N) is 2. The second-order valence-corrected chi connectivity index (χ2v) is 13.5.